The van der Waals surface area contributed by atoms with Crippen molar-refractivity contribution in [3.05, 3.63) is 212 Å². The molecule has 1 aromatic heterocycles. The van der Waals surface area contributed by atoms with Crippen LogP contribution in [0.25, 0.3) is 75.5 Å². The van der Waals surface area contributed by atoms with Crippen molar-refractivity contribution in [2.75, 3.05) is 4.90 Å². The molecule has 254 valence electrons. The molecule has 2 heteroatoms. The van der Waals surface area contributed by atoms with Crippen LogP contribution in [0.2, 0.25) is 0 Å². The summed E-state index contributed by atoms with van der Waals surface area (Å²) in [6.45, 7) is 0. The predicted octanol–water partition coefficient (Wildman–Crippen LogP) is 15.3. The van der Waals surface area contributed by atoms with E-state index < -0.39 is 0 Å². The molecule has 0 amide bonds. The third kappa shape index (κ3) is 5.74. The number of nitrogens with zero attached hydrogens (tertiary/aromatic N) is 1. The van der Waals surface area contributed by atoms with Crippen LogP contribution in [-0.2, 0) is 0 Å². The second-order valence-corrected chi connectivity index (χ2v) is 14.8. The van der Waals surface area contributed by atoms with E-state index in [1.54, 1.807) is 0 Å². The number of benzene rings is 9. The van der Waals surface area contributed by atoms with Crippen molar-refractivity contribution in [1.29, 1.82) is 0 Å². The average molecular weight is 706 g/mol. The van der Waals surface area contributed by atoms with E-state index in [2.05, 4.69) is 217 Å². The Hall–Kier alpha value is -6.74. The van der Waals surface area contributed by atoms with Crippen LogP contribution in [0.4, 0.5) is 17.1 Å². The largest absolute Gasteiger partial charge is 0.309 e. The number of para-hydroxylation sites is 1. The van der Waals surface area contributed by atoms with Gasteiger partial charge in [0.2, 0.25) is 0 Å². The molecule has 1 heterocycles. The first-order valence-corrected chi connectivity index (χ1v) is 19.2. The van der Waals surface area contributed by atoms with Gasteiger partial charge in [0.25, 0.3) is 0 Å². The van der Waals surface area contributed by atoms with E-state index in [9.17, 15) is 0 Å². The van der Waals surface area contributed by atoms with Gasteiger partial charge in [0.05, 0.1) is 11.4 Å². The molecule has 54 heavy (non-hydrogen) atoms. The minimum absolute atomic E-state index is 1.11. The van der Waals surface area contributed by atoms with Crippen molar-refractivity contribution >= 4 is 59.3 Å². The van der Waals surface area contributed by atoms with E-state index in [0.717, 1.165) is 11.4 Å². The number of rotatable bonds is 7. The fourth-order valence-electron chi connectivity index (χ4n) is 7.88. The van der Waals surface area contributed by atoms with Gasteiger partial charge in [-0.1, -0.05) is 170 Å². The molecule has 10 aromatic rings. The summed E-state index contributed by atoms with van der Waals surface area (Å²) >= 11 is 1.86. The molecule has 0 saturated heterocycles. The van der Waals surface area contributed by atoms with Crippen LogP contribution >= 0.6 is 11.3 Å². The van der Waals surface area contributed by atoms with E-state index in [1.807, 2.05) is 11.3 Å². The molecule has 0 saturated carbocycles. The predicted molar refractivity (Wildman–Crippen MR) is 233 cm³/mol. The molecular formula is C52H35NS. The Kier molecular flexibility index (Phi) is 8.09. The number of hydrogen-bond donors (Lipinski definition) is 0. The Labute approximate surface area is 319 Å². The molecule has 0 spiro atoms. The second kappa shape index (κ2) is 13.7. The summed E-state index contributed by atoms with van der Waals surface area (Å²) in [5, 5.41) is 5.07. The van der Waals surface area contributed by atoms with Gasteiger partial charge < -0.3 is 4.90 Å². The highest BCUT2D eigenvalue weighted by atomic mass is 32.1. The van der Waals surface area contributed by atoms with Crippen molar-refractivity contribution < 1.29 is 0 Å². The molecule has 0 fully saturated rings. The van der Waals surface area contributed by atoms with Crippen molar-refractivity contribution in [1.82, 2.24) is 0 Å². The van der Waals surface area contributed by atoms with Crippen LogP contribution in [-0.4, -0.2) is 0 Å². The average Bonchev–Trinajstić information content (AvgIpc) is 3.64. The zero-order valence-corrected chi connectivity index (χ0v) is 30.4. The Bertz CT molecular complexity index is 2920. The SMILES string of the molecule is c1ccc(-c2ccc(-c3ccc(N(c4ccccc4-c4cccc(-c5cccc6ccccc56)c4)c4cccc5sc6ccccc6c45)cc3)cc2)cc1. The third-order valence-electron chi connectivity index (χ3n) is 10.5. The smallest absolute Gasteiger partial charge is 0.0555 e. The highest BCUT2D eigenvalue weighted by Crippen LogP contribution is 2.47. The molecule has 9 aromatic carbocycles. The number of fused-ring (bicyclic) bond motifs is 4. The Morgan fingerprint density at radius 1 is 0.315 bits per heavy atom. The number of thiophene rings is 1. The summed E-state index contributed by atoms with van der Waals surface area (Å²) in [6.07, 6.45) is 0. The fourth-order valence-corrected chi connectivity index (χ4v) is 9.01. The lowest BCUT2D eigenvalue weighted by atomic mass is 9.94. The van der Waals surface area contributed by atoms with Crippen LogP contribution in [0.5, 0.6) is 0 Å². The summed E-state index contributed by atoms with van der Waals surface area (Å²) in [4.78, 5) is 2.46. The van der Waals surface area contributed by atoms with E-state index >= 15 is 0 Å². The summed E-state index contributed by atoms with van der Waals surface area (Å²) in [5.74, 6) is 0. The topological polar surface area (TPSA) is 3.24 Å². The maximum absolute atomic E-state index is 2.46. The van der Waals surface area contributed by atoms with Gasteiger partial charge in [0.1, 0.15) is 0 Å². The normalized spacial score (nSPS) is 11.3. The standard InChI is InChI=1S/C52H35NS/c1-2-13-36(14-3-1)37-27-29-38(30-28-37)39-31-33-43(34-32-39)53(49-24-12-26-51-52(49)47-21-7-9-25-50(47)54-51)48-23-8-6-20-46(48)42-18-10-17-41(35-42)45-22-11-16-40-15-4-5-19-44(40)45/h1-35H. The Balaban J connectivity index is 1.12. The zero-order valence-electron chi connectivity index (χ0n) is 29.6. The van der Waals surface area contributed by atoms with Crippen molar-refractivity contribution in [3.8, 4) is 44.5 Å². The molecule has 0 N–H and O–H groups in total. The van der Waals surface area contributed by atoms with Crippen LogP contribution in [0.1, 0.15) is 0 Å². The molecular weight excluding hydrogens is 671 g/mol. The van der Waals surface area contributed by atoms with Crippen molar-refractivity contribution in [2.24, 2.45) is 0 Å². The maximum Gasteiger partial charge on any atom is 0.0555 e. The minimum Gasteiger partial charge on any atom is -0.309 e. The third-order valence-corrected chi connectivity index (χ3v) is 11.6. The van der Waals surface area contributed by atoms with Crippen LogP contribution in [0, 0.1) is 0 Å². The molecule has 10 rings (SSSR count). The Morgan fingerprint density at radius 2 is 0.815 bits per heavy atom. The summed E-state index contributed by atoms with van der Waals surface area (Å²) < 4.78 is 2.58. The van der Waals surface area contributed by atoms with E-state index in [-0.39, 0.29) is 0 Å². The summed E-state index contributed by atoms with van der Waals surface area (Å²) in [7, 11) is 0. The van der Waals surface area contributed by atoms with Gasteiger partial charge in [0, 0.05) is 31.4 Å². The van der Waals surface area contributed by atoms with Crippen LogP contribution in [0.15, 0.2) is 212 Å². The molecule has 0 radical (unpaired) electrons. The number of anilines is 3. The van der Waals surface area contributed by atoms with Gasteiger partial charge in [-0.2, -0.15) is 0 Å². The molecule has 1 nitrogen and oxygen atoms in total. The van der Waals surface area contributed by atoms with E-state index in [1.165, 1.54) is 81.1 Å². The van der Waals surface area contributed by atoms with Gasteiger partial charge in [-0.05, 0) is 92.2 Å². The quantitative estimate of drug-likeness (QED) is 0.160. The van der Waals surface area contributed by atoms with E-state index in [4.69, 9.17) is 0 Å². The van der Waals surface area contributed by atoms with Crippen molar-refractivity contribution in [2.45, 2.75) is 0 Å². The second-order valence-electron chi connectivity index (χ2n) is 13.7. The van der Waals surface area contributed by atoms with Gasteiger partial charge in [-0.25, -0.2) is 0 Å². The lowest BCUT2D eigenvalue weighted by Gasteiger charge is -2.29. The monoisotopic (exact) mass is 705 g/mol. The highest BCUT2D eigenvalue weighted by Gasteiger charge is 2.21. The van der Waals surface area contributed by atoms with Gasteiger partial charge in [0.15, 0.2) is 0 Å². The lowest BCUT2D eigenvalue weighted by molar-refractivity contribution is 1.30. The van der Waals surface area contributed by atoms with Gasteiger partial charge >= 0.3 is 0 Å². The van der Waals surface area contributed by atoms with E-state index in [0.29, 0.717) is 0 Å². The molecule has 0 unspecified atom stereocenters. The summed E-state index contributed by atoms with van der Waals surface area (Å²) in [5.41, 5.74) is 13.1. The Morgan fingerprint density at radius 3 is 1.61 bits per heavy atom. The molecule has 0 atom stereocenters. The highest BCUT2D eigenvalue weighted by molar-refractivity contribution is 7.26. The molecule has 0 aliphatic rings. The van der Waals surface area contributed by atoms with Crippen molar-refractivity contribution in [3.63, 3.8) is 0 Å². The molecule has 0 aliphatic carbocycles. The van der Waals surface area contributed by atoms with Gasteiger partial charge in [-0.15, -0.1) is 11.3 Å². The maximum atomic E-state index is 2.46. The first-order valence-electron chi connectivity index (χ1n) is 18.4. The van der Waals surface area contributed by atoms with Crippen LogP contribution in [0.3, 0.4) is 0 Å². The first-order chi connectivity index (χ1) is 26.8. The lowest BCUT2D eigenvalue weighted by Crippen LogP contribution is -2.11. The van der Waals surface area contributed by atoms with Crippen LogP contribution < -0.4 is 4.90 Å². The van der Waals surface area contributed by atoms with Gasteiger partial charge in [-0.3, -0.25) is 0 Å². The first kappa shape index (κ1) is 32.0. The zero-order chi connectivity index (χ0) is 35.8. The number of hydrogen-bond acceptors (Lipinski definition) is 2. The summed E-state index contributed by atoms with van der Waals surface area (Å²) in [6, 6.07) is 77.1. The molecule has 0 bridgehead atoms. The fraction of sp³-hybridized carbons (Fsp3) is 0. The molecule has 0 aliphatic heterocycles. The minimum atomic E-state index is 1.11.